The number of benzene rings is 2. The van der Waals surface area contributed by atoms with Crippen molar-refractivity contribution in [2.75, 3.05) is 23.8 Å². The second-order valence-electron chi connectivity index (χ2n) is 7.89. The van der Waals surface area contributed by atoms with Crippen molar-refractivity contribution < 1.29 is 27.5 Å². The van der Waals surface area contributed by atoms with Crippen molar-refractivity contribution in [2.45, 2.75) is 30.6 Å². The van der Waals surface area contributed by atoms with E-state index in [4.69, 9.17) is 21.7 Å². The van der Waals surface area contributed by atoms with E-state index in [1.807, 2.05) is 30.3 Å². The number of anilines is 2. The fourth-order valence-corrected chi connectivity index (χ4v) is 4.40. The zero-order chi connectivity index (χ0) is 27.4. The number of ether oxygens (including phenoxy) is 2. The van der Waals surface area contributed by atoms with Crippen LogP contribution in [0.5, 0.6) is 5.88 Å². The van der Waals surface area contributed by atoms with E-state index in [1.54, 1.807) is 0 Å². The number of sulfonamides is 1. The summed E-state index contributed by atoms with van der Waals surface area (Å²) < 4.78 is 37.7. The number of aryl methyl sites for hydroxylation is 1. The van der Waals surface area contributed by atoms with Crippen LogP contribution in [-0.4, -0.2) is 49.1 Å². The lowest BCUT2D eigenvalue weighted by atomic mass is 10.1. The third-order valence-electron chi connectivity index (χ3n) is 5.04. The van der Waals surface area contributed by atoms with E-state index in [0.717, 1.165) is 6.42 Å². The SMILES string of the molecule is COc1cc(NS(=O)(=O)c2ccc(NC(=S)NC(=O)CCC(=O)OCCCc3ccccc3)cc2)ncn1. The molecule has 11 nitrogen and oxygen atoms in total. The third kappa shape index (κ3) is 9.41. The van der Waals surface area contributed by atoms with Crippen LogP contribution in [0.1, 0.15) is 24.8 Å². The molecule has 3 aromatic rings. The molecule has 1 aromatic heterocycles. The number of hydrogen-bond donors (Lipinski definition) is 3. The Kier molecular flexibility index (Phi) is 10.5. The minimum atomic E-state index is -3.91. The topological polar surface area (TPSA) is 149 Å². The zero-order valence-electron chi connectivity index (χ0n) is 20.5. The highest BCUT2D eigenvalue weighted by molar-refractivity contribution is 7.92. The molecule has 13 heteroatoms. The van der Waals surface area contributed by atoms with Gasteiger partial charge in [0.1, 0.15) is 12.1 Å². The van der Waals surface area contributed by atoms with Gasteiger partial charge in [-0.25, -0.2) is 18.4 Å². The number of methoxy groups -OCH3 is 1. The van der Waals surface area contributed by atoms with E-state index in [0.29, 0.717) is 12.1 Å². The molecule has 1 amide bonds. The average Bonchev–Trinajstić information content (AvgIpc) is 2.90. The van der Waals surface area contributed by atoms with Crippen molar-refractivity contribution >= 4 is 50.7 Å². The third-order valence-corrected chi connectivity index (χ3v) is 6.61. The Hall–Kier alpha value is -4.10. The van der Waals surface area contributed by atoms with E-state index in [2.05, 4.69) is 25.3 Å². The Morgan fingerprint density at radius 1 is 1.00 bits per heavy atom. The molecular formula is C25H27N5O6S2. The summed E-state index contributed by atoms with van der Waals surface area (Å²) in [5.74, 6) is -0.645. The van der Waals surface area contributed by atoms with Gasteiger partial charge in [-0.2, -0.15) is 0 Å². The van der Waals surface area contributed by atoms with Crippen LogP contribution in [0.15, 0.2) is 71.9 Å². The molecule has 2 aromatic carbocycles. The largest absolute Gasteiger partial charge is 0.481 e. The highest BCUT2D eigenvalue weighted by Gasteiger charge is 2.16. The summed E-state index contributed by atoms with van der Waals surface area (Å²) in [6.45, 7) is 0.282. The van der Waals surface area contributed by atoms with Gasteiger partial charge < -0.3 is 20.1 Å². The van der Waals surface area contributed by atoms with Gasteiger partial charge in [0, 0.05) is 18.2 Å². The maximum absolute atomic E-state index is 12.6. The number of carbonyl (C=O) groups excluding carboxylic acids is 2. The molecule has 3 N–H and O–H groups in total. The molecule has 38 heavy (non-hydrogen) atoms. The fraction of sp³-hybridized carbons (Fsp3) is 0.240. The molecule has 0 radical (unpaired) electrons. The van der Waals surface area contributed by atoms with E-state index in [1.165, 1.54) is 49.3 Å². The number of carbonyl (C=O) groups is 2. The molecule has 0 aliphatic rings. The first-order chi connectivity index (χ1) is 18.2. The quantitative estimate of drug-likeness (QED) is 0.172. The standard InChI is InChI=1S/C25H27N5O6S2/c1-35-23-16-21(26-17-27-23)30-38(33,34)20-11-9-19(10-12-20)28-25(37)29-22(31)13-14-24(32)36-15-5-8-18-6-3-2-4-7-18/h2-4,6-7,9-12,16-17H,5,8,13-15H2,1H3,(H,26,27,30)(H2,28,29,31,37). The highest BCUT2D eigenvalue weighted by Crippen LogP contribution is 2.18. The summed E-state index contributed by atoms with van der Waals surface area (Å²) in [5.41, 5.74) is 1.62. The van der Waals surface area contributed by atoms with Gasteiger partial charge in [-0.15, -0.1) is 0 Å². The summed E-state index contributed by atoms with van der Waals surface area (Å²) in [6.07, 6.45) is 2.51. The second kappa shape index (κ2) is 14.0. The van der Waals surface area contributed by atoms with Gasteiger partial charge in [-0.1, -0.05) is 30.3 Å². The lowest BCUT2D eigenvalue weighted by Gasteiger charge is -2.11. The lowest BCUT2D eigenvalue weighted by molar-refractivity contribution is -0.145. The normalized spacial score (nSPS) is 10.8. The van der Waals surface area contributed by atoms with Crippen molar-refractivity contribution in [1.29, 1.82) is 0 Å². The van der Waals surface area contributed by atoms with Crippen LogP contribution in [0.2, 0.25) is 0 Å². The second-order valence-corrected chi connectivity index (χ2v) is 9.98. The summed E-state index contributed by atoms with van der Waals surface area (Å²) >= 11 is 5.13. The molecule has 0 bridgehead atoms. The summed E-state index contributed by atoms with van der Waals surface area (Å²) in [7, 11) is -2.51. The molecule has 0 unspecified atom stereocenters. The average molecular weight is 558 g/mol. The lowest BCUT2D eigenvalue weighted by Crippen LogP contribution is -2.34. The van der Waals surface area contributed by atoms with Gasteiger partial charge >= 0.3 is 5.97 Å². The van der Waals surface area contributed by atoms with Crippen LogP contribution in [0, 0.1) is 0 Å². The number of nitrogens with zero attached hydrogens (tertiary/aromatic N) is 2. The Bertz CT molecular complexity index is 1350. The predicted molar refractivity (Wildman–Crippen MR) is 145 cm³/mol. The van der Waals surface area contributed by atoms with Crippen molar-refractivity contribution in [3.8, 4) is 5.88 Å². The van der Waals surface area contributed by atoms with Crippen LogP contribution in [0.4, 0.5) is 11.5 Å². The number of rotatable bonds is 12. The number of esters is 1. The predicted octanol–water partition coefficient (Wildman–Crippen LogP) is 3.06. The van der Waals surface area contributed by atoms with Gasteiger partial charge in [0.15, 0.2) is 5.11 Å². The molecule has 0 atom stereocenters. The molecule has 0 saturated heterocycles. The summed E-state index contributed by atoms with van der Waals surface area (Å²) in [6, 6.07) is 16.9. The minimum absolute atomic E-state index is 0.00745. The summed E-state index contributed by atoms with van der Waals surface area (Å²) in [4.78, 5) is 31.7. The van der Waals surface area contributed by atoms with Crippen LogP contribution in [0.25, 0.3) is 0 Å². The Morgan fingerprint density at radius 3 is 2.45 bits per heavy atom. The van der Waals surface area contributed by atoms with E-state index < -0.39 is 21.9 Å². The molecule has 0 spiro atoms. The Balaban J connectivity index is 1.38. The van der Waals surface area contributed by atoms with E-state index in [-0.39, 0.29) is 41.2 Å². The number of thiocarbonyl (C=S) groups is 1. The Morgan fingerprint density at radius 2 is 1.74 bits per heavy atom. The van der Waals surface area contributed by atoms with Crippen LogP contribution < -0.4 is 20.1 Å². The van der Waals surface area contributed by atoms with Crippen LogP contribution in [0.3, 0.4) is 0 Å². The van der Waals surface area contributed by atoms with Gasteiger partial charge in [-0.05, 0) is 54.9 Å². The number of amides is 1. The number of hydrogen-bond acceptors (Lipinski definition) is 9. The molecule has 200 valence electrons. The highest BCUT2D eigenvalue weighted by atomic mass is 32.2. The summed E-state index contributed by atoms with van der Waals surface area (Å²) in [5, 5.41) is 5.28. The van der Waals surface area contributed by atoms with Crippen molar-refractivity contribution in [1.82, 2.24) is 15.3 Å². The maximum Gasteiger partial charge on any atom is 0.306 e. The number of aromatic nitrogens is 2. The monoisotopic (exact) mass is 557 g/mol. The van der Waals surface area contributed by atoms with Gasteiger partial charge in [0.05, 0.1) is 25.0 Å². The number of nitrogens with one attached hydrogen (secondary N) is 3. The first-order valence-electron chi connectivity index (χ1n) is 11.5. The minimum Gasteiger partial charge on any atom is -0.481 e. The molecule has 1 heterocycles. The van der Waals surface area contributed by atoms with E-state index in [9.17, 15) is 18.0 Å². The molecule has 0 fully saturated rings. The van der Waals surface area contributed by atoms with Gasteiger partial charge in [0.25, 0.3) is 10.0 Å². The van der Waals surface area contributed by atoms with E-state index >= 15 is 0 Å². The first kappa shape index (κ1) is 28.5. The molecule has 3 rings (SSSR count). The van der Waals surface area contributed by atoms with Gasteiger partial charge in [0.2, 0.25) is 11.8 Å². The van der Waals surface area contributed by atoms with Crippen molar-refractivity contribution in [3.63, 3.8) is 0 Å². The maximum atomic E-state index is 12.6. The van der Waals surface area contributed by atoms with Crippen molar-refractivity contribution in [2.24, 2.45) is 0 Å². The molecular weight excluding hydrogens is 530 g/mol. The molecule has 0 aliphatic heterocycles. The van der Waals surface area contributed by atoms with Crippen LogP contribution >= 0.6 is 12.2 Å². The van der Waals surface area contributed by atoms with Gasteiger partial charge in [-0.3, -0.25) is 14.3 Å². The van der Waals surface area contributed by atoms with Crippen molar-refractivity contribution in [3.05, 3.63) is 72.6 Å². The molecule has 0 saturated carbocycles. The Labute approximate surface area is 226 Å². The molecule has 0 aliphatic carbocycles. The smallest absolute Gasteiger partial charge is 0.306 e. The first-order valence-corrected chi connectivity index (χ1v) is 13.4. The fourth-order valence-electron chi connectivity index (χ4n) is 3.17. The van der Waals surface area contributed by atoms with Crippen LogP contribution in [-0.2, 0) is 30.8 Å². The zero-order valence-corrected chi connectivity index (χ0v) is 22.2.